The highest BCUT2D eigenvalue weighted by Gasteiger charge is 2.07. The third-order valence-corrected chi connectivity index (χ3v) is 3.34. The van der Waals surface area contributed by atoms with Crippen molar-refractivity contribution in [2.75, 3.05) is 7.11 Å². The van der Waals surface area contributed by atoms with Gasteiger partial charge >= 0.3 is 5.97 Å². The van der Waals surface area contributed by atoms with Crippen LogP contribution in [0.15, 0.2) is 48.7 Å². The molecule has 0 spiro atoms. The Kier molecular flexibility index (Phi) is 3.31. The van der Waals surface area contributed by atoms with Crippen LogP contribution in [0, 0.1) is 0 Å². The molecule has 0 bridgehead atoms. The molecule has 0 unspecified atom stereocenters. The van der Waals surface area contributed by atoms with Crippen LogP contribution < -0.4 is 4.74 Å². The number of benzene rings is 1. The number of fused-ring (bicyclic) bond motifs is 1. The zero-order chi connectivity index (χ0) is 14.8. The number of aromatic nitrogens is 2. The Hall–Kier alpha value is -2.82. The highest BCUT2D eigenvalue weighted by Crippen LogP contribution is 2.22. The largest absolute Gasteiger partial charge is 0.497 e. The number of hydrogen-bond acceptors (Lipinski definition) is 3. The SMILES string of the molecule is COc1ccc2c(ccn2Cc2cccc(C(=O)O)n2)c1. The van der Waals surface area contributed by atoms with Gasteiger partial charge in [0.15, 0.2) is 0 Å². The molecule has 2 aromatic heterocycles. The van der Waals surface area contributed by atoms with Crippen molar-refractivity contribution in [3.8, 4) is 5.75 Å². The topological polar surface area (TPSA) is 64.3 Å². The number of carboxylic acid groups (broad SMARTS) is 1. The van der Waals surface area contributed by atoms with Gasteiger partial charge in [0.1, 0.15) is 11.4 Å². The molecule has 0 fully saturated rings. The second-order valence-electron chi connectivity index (χ2n) is 4.69. The predicted octanol–water partition coefficient (Wildman–Crippen LogP) is 2.79. The van der Waals surface area contributed by atoms with Gasteiger partial charge in [-0.3, -0.25) is 0 Å². The van der Waals surface area contributed by atoms with Gasteiger partial charge in [-0.2, -0.15) is 0 Å². The van der Waals surface area contributed by atoms with Crippen molar-refractivity contribution in [2.45, 2.75) is 6.54 Å². The van der Waals surface area contributed by atoms with Crippen LogP contribution in [0.25, 0.3) is 10.9 Å². The summed E-state index contributed by atoms with van der Waals surface area (Å²) in [6.07, 6.45) is 1.96. The fourth-order valence-electron chi connectivity index (χ4n) is 2.30. The molecule has 0 atom stereocenters. The first-order chi connectivity index (χ1) is 10.2. The molecule has 0 amide bonds. The maximum Gasteiger partial charge on any atom is 0.354 e. The summed E-state index contributed by atoms with van der Waals surface area (Å²) in [5.41, 5.74) is 1.83. The maximum atomic E-state index is 11.0. The van der Waals surface area contributed by atoms with E-state index in [9.17, 15) is 4.79 Å². The average molecular weight is 282 g/mol. The normalized spacial score (nSPS) is 10.7. The summed E-state index contributed by atoms with van der Waals surface area (Å²) in [6, 6.07) is 12.9. The van der Waals surface area contributed by atoms with Gasteiger partial charge in [0.2, 0.25) is 0 Å². The number of nitrogens with zero attached hydrogens (tertiary/aromatic N) is 2. The van der Waals surface area contributed by atoms with Gasteiger partial charge in [-0.1, -0.05) is 6.07 Å². The molecule has 0 aliphatic rings. The minimum atomic E-state index is -1.01. The lowest BCUT2D eigenvalue weighted by molar-refractivity contribution is 0.0690. The molecule has 1 aromatic carbocycles. The second kappa shape index (κ2) is 5.28. The monoisotopic (exact) mass is 282 g/mol. The van der Waals surface area contributed by atoms with Gasteiger partial charge in [-0.25, -0.2) is 9.78 Å². The molecule has 5 nitrogen and oxygen atoms in total. The summed E-state index contributed by atoms with van der Waals surface area (Å²) in [5, 5.41) is 10.1. The Morgan fingerprint density at radius 1 is 1.29 bits per heavy atom. The number of hydrogen-bond donors (Lipinski definition) is 1. The highest BCUT2D eigenvalue weighted by molar-refractivity contribution is 5.85. The molecule has 21 heavy (non-hydrogen) atoms. The van der Waals surface area contributed by atoms with Gasteiger partial charge in [-0.05, 0) is 36.4 Å². The Morgan fingerprint density at radius 3 is 2.90 bits per heavy atom. The molecular weight excluding hydrogens is 268 g/mol. The smallest absolute Gasteiger partial charge is 0.354 e. The first-order valence-electron chi connectivity index (χ1n) is 6.49. The van der Waals surface area contributed by atoms with Crippen LogP contribution in [-0.2, 0) is 6.54 Å². The molecule has 0 saturated heterocycles. The first-order valence-corrected chi connectivity index (χ1v) is 6.49. The third kappa shape index (κ3) is 2.58. The van der Waals surface area contributed by atoms with Crippen molar-refractivity contribution >= 4 is 16.9 Å². The van der Waals surface area contributed by atoms with Gasteiger partial charge in [0.25, 0.3) is 0 Å². The van der Waals surface area contributed by atoms with Crippen LogP contribution in [0.3, 0.4) is 0 Å². The third-order valence-electron chi connectivity index (χ3n) is 3.34. The molecule has 106 valence electrons. The summed E-state index contributed by atoms with van der Waals surface area (Å²) in [7, 11) is 1.64. The van der Waals surface area contributed by atoms with E-state index < -0.39 is 5.97 Å². The first kappa shape index (κ1) is 13.2. The average Bonchev–Trinajstić information content (AvgIpc) is 2.89. The fourth-order valence-corrected chi connectivity index (χ4v) is 2.30. The lowest BCUT2D eigenvalue weighted by atomic mass is 10.2. The molecule has 2 heterocycles. The van der Waals surface area contributed by atoms with Crippen molar-refractivity contribution in [2.24, 2.45) is 0 Å². The van der Waals surface area contributed by atoms with E-state index in [1.807, 2.05) is 41.1 Å². The molecular formula is C16H14N2O3. The molecule has 5 heteroatoms. The van der Waals surface area contributed by atoms with Crippen molar-refractivity contribution in [3.05, 3.63) is 60.0 Å². The lowest BCUT2D eigenvalue weighted by Crippen LogP contribution is -2.05. The lowest BCUT2D eigenvalue weighted by Gasteiger charge is -2.06. The minimum Gasteiger partial charge on any atom is -0.497 e. The molecule has 3 aromatic rings. The molecule has 1 N–H and O–H groups in total. The Balaban J connectivity index is 1.95. The Bertz CT molecular complexity index is 808. The van der Waals surface area contributed by atoms with Crippen LogP contribution >= 0.6 is 0 Å². The van der Waals surface area contributed by atoms with E-state index in [1.54, 1.807) is 13.2 Å². The maximum absolute atomic E-state index is 11.0. The van der Waals surface area contributed by atoms with E-state index in [-0.39, 0.29) is 5.69 Å². The van der Waals surface area contributed by atoms with E-state index in [2.05, 4.69) is 4.98 Å². The van der Waals surface area contributed by atoms with Crippen molar-refractivity contribution in [1.29, 1.82) is 0 Å². The summed E-state index contributed by atoms with van der Waals surface area (Å²) in [4.78, 5) is 15.1. The predicted molar refractivity (Wildman–Crippen MR) is 78.8 cm³/mol. The number of carbonyl (C=O) groups is 1. The fraction of sp³-hybridized carbons (Fsp3) is 0.125. The van der Waals surface area contributed by atoms with E-state index in [0.29, 0.717) is 12.2 Å². The van der Waals surface area contributed by atoms with Crippen LogP contribution in [0.2, 0.25) is 0 Å². The summed E-state index contributed by atoms with van der Waals surface area (Å²) >= 11 is 0. The Labute approximate surface area is 121 Å². The zero-order valence-corrected chi connectivity index (χ0v) is 11.5. The number of aromatic carboxylic acids is 1. The molecule has 0 aliphatic heterocycles. The Morgan fingerprint density at radius 2 is 2.14 bits per heavy atom. The van der Waals surface area contributed by atoms with Gasteiger partial charge in [-0.15, -0.1) is 0 Å². The van der Waals surface area contributed by atoms with E-state index >= 15 is 0 Å². The molecule has 3 rings (SSSR count). The number of ether oxygens (including phenoxy) is 1. The number of rotatable bonds is 4. The van der Waals surface area contributed by atoms with E-state index in [0.717, 1.165) is 16.7 Å². The van der Waals surface area contributed by atoms with Crippen LogP contribution in [0.1, 0.15) is 16.2 Å². The highest BCUT2D eigenvalue weighted by atomic mass is 16.5. The number of methoxy groups -OCH3 is 1. The second-order valence-corrected chi connectivity index (χ2v) is 4.69. The van der Waals surface area contributed by atoms with Crippen molar-refractivity contribution in [3.63, 3.8) is 0 Å². The standard InChI is InChI=1S/C16H14N2O3/c1-21-13-5-6-15-11(9-13)7-8-18(15)10-12-3-2-4-14(17-12)16(19)20/h2-9H,10H2,1H3,(H,19,20). The summed E-state index contributed by atoms with van der Waals surface area (Å²) in [5.74, 6) is -0.204. The van der Waals surface area contributed by atoms with E-state index in [1.165, 1.54) is 6.07 Å². The van der Waals surface area contributed by atoms with E-state index in [4.69, 9.17) is 9.84 Å². The van der Waals surface area contributed by atoms with Crippen LogP contribution in [0.5, 0.6) is 5.75 Å². The molecule has 0 saturated carbocycles. The van der Waals surface area contributed by atoms with Crippen molar-refractivity contribution < 1.29 is 14.6 Å². The number of carboxylic acids is 1. The zero-order valence-electron chi connectivity index (χ0n) is 11.5. The quantitative estimate of drug-likeness (QED) is 0.799. The minimum absolute atomic E-state index is 0.0608. The van der Waals surface area contributed by atoms with Crippen molar-refractivity contribution in [1.82, 2.24) is 9.55 Å². The summed E-state index contributed by atoms with van der Waals surface area (Å²) in [6.45, 7) is 0.525. The van der Waals surface area contributed by atoms with Gasteiger partial charge in [0.05, 0.1) is 19.3 Å². The van der Waals surface area contributed by atoms with Crippen LogP contribution in [-0.4, -0.2) is 27.7 Å². The molecule has 0 aliphatic carbocycles. The van der Waals surface area contributed by atoms with Gasteiger partial charge in [0, 0.05) is 17.1 Å². The molecule has 0 radical (unpaired) electrons. The summed E-state index contributed by atoms with van der Waals surface area (Å²) < 4.78 is 7.24. The van der Waals surface area contributed by atoms with Gasteiger partial charge < -0.3 is 14.4 Å². The van der Waals surface area contributed by atoms with Crippen LogP contribution in [0.4, 0.5) is 0 Å². The number of pyridine rings is 1.